The quantitative estimate of drug-likeness (QED) is 0.181. The number of benzene rings is 7. The van der Waals surface area contributed by atoms with Crippen LogP contribution in [0.3, 0.4) is 0 Å². The van der Waals surface area contributed by atoms with Crippen LogP contribution in [0, 0.1) is 29.2 Å². The Balaban J connectivity index is 1.22. The fraction of sp³-hybridized carbons (Fsp3) is 0. The molecule has 0 radical (unpaired) electrons. The Bertz CT molecular complexity index is 2900. The summed E-state index contributed by atoms with van der Waals surface area (Å²) in [7, 11) is 0. The Labute approximate surface area is 288 Å². The maximum Gasteiger partial charge on any atom is 0.212 e. The molecule has 0 bridgehead atoms. The standard InChI is InChI=1S/C45H25N5/c1-48-45-32(28-47)25-31(30-19-21-33(22-20-30)49-40-14-6-4-12-36(40)38-24-29(27-46)18-23-44(38)49)26-39(45)37-13-5-9-17-43(37)50-41-15-7-2-10-34(41)35-11-3-8-16-42(35)50/h2-26H. The lowest BCUT2D eigenvalue weighted by atomic mass is 9.93. The van der Waals surface area contributed by atoms with E-state index in [4.69, 9.17) is 6.57 Å². The third-order valence-electron chi connectivity index (χ3n) is 9.62. The molecule has 5 nitrogen and oxygen atoms in total. The van der Waals surface area contributed by atoms with E-state index >= 15 is 0 Å². The molecule has 0 fully saturated rings. The summed E-state index contributed by atoms with van der Waals surface area (Å²) in [5.74, 6) is 0. The van der Waals surface area contributed by atoms with E-state index in [0.29, 0.717) is 22.4 Å². The SMILES string of the molecule is [C-]#[N+]c1c(C#N)cc(-c2ccc(-n3c4ccccc4c4cc(C#N)ccc43)cc2)cc1-c1ccccc1-n1c2ccccc2c2ccccc21. The Morgan fingerprint density at radius 2 is 1.06 bits per heavy atom. The molecular formula is C45H25N5. The molecule has 0 N–H and O–H groups in total. The predicted octanol–water partition coefficient (Wildman–Crippen LogP) is 11.5. The van der Waals surface area contributed by atoms with Crippen LogP contribution in [-0.2, 0) is 0 Å². The van der Waals surface area contributed by atoms with Gasteiger partial charge in [0.15, 0.2) is 0 Å². The summed E-state index contributed by atoms with van der Waals surface area (Å²) < 4.78 is 4.47. The minimum atomic E-state index is 0.336. The largest absolute Gasteiger partial charge is 0.309 e. The molecule has 2 heterocycles. The number of fused-ring (bicyclic) bond motifs is 6. The summed E-state index contributed by atoms with van der Waals surface area (Å²) in [4.78, 5) is 3.91. The van der Waals surface area contributed by atoms with Gasteiger partial charge in [-0.25, -0.2) is 4.85 Å². The second-order valence-corrected chi connectivity index (χ2v) is 12.3. The van der Waals surface area contributed by atoms with Gasteiger partial charge >= 0.3 is 0 Å². The van der Waals surface area contributed by atoms with Crippen LogP contribution >= 0.6 is 0 Å². The van der Waals surface area contributed by atoms with Gasteiger partial charge in [0, 0.05) is 27.2 Å². The molecule has 9 rings (SSSR count). The van der Waals surface area contributed by atoms with E-state index in [9.17, 15) is 10.5 Å². The zero-order valence-corrected chi connectivity index (χ0v) is 26.7. The van der Waals surface area contributed by atoms with Crippen LogP contribution in [-0.4, -0.2) is 9.13 Å². The Morgan fingerprint density at radius 1 is 0.480 bits per heavy atom. The molecule has 0 aliphatic carbocycles. The van der Waals surface area contributed by atoms with Crippen LogP contribution in [0.1, 0.15) is 11.1 Å². The Morgan fingerprint density at radius 3 is 1.70 bits per heavy atom. The summed E-state index contributed by atoms with van der Waals surface area (Å²) in [6.45, 7) is 8.17. The van der Waals surface area contributed by atoms with Crippen molar-refractivity contribution in [1.29, 1.82) is 10.5 Å². The van der Waals surface area contributed by atoms with Crippen molar-refractivity contribution in [2.24, 2.45) is 0 Å². The first-order valence-electron chi connectivity index (χ1n) is 16.3. The second kappa shape index (κ2) is 11.4. The highest BCUT2D eigenvalue weighted by atomic mass is 15.0. The summed E-state index contributed by atoms with van der Waals surface area (Å²) in [6, 6.07) is 55.6. The Kier molecular flexibility index (Phi) is 6.56. The van der Waals surface area contributed by atoms with E-state index in [0.717, 1.165) is 71.7 Å². The molecule has 0 saturated carbocycles. The van der Waals surface area contributed by atoms with E-state index in [1.54, 1.807) is 0 Å². The maximum absolute atomic E-state index is 10.3. The van der Waals surface area contributed by atoms with Crippen LogP contribution in [0.2, 0.25) is 0 Å². The zero-order chi connectivity index (χ0) is 33.8. The van der Waals surface area contributed by atoms with Crippen molar-refractivity contribution in [3.05, 3.63) is 174 Å². The van der Waals surface area contributed by atoms with E-state index < -0.39 is 0 Å². The third-order valence-corrected chi connectivity index (χ3v) is 9.62. The number of nitriles is 2. The van der Waals surface area contributed by atoms with Crippen LogP contribution < -0.4 is 0 Å². The van der Waals surface area contributed by atoms with Crippen LogP contribution in [0.25, 0.3) is 82.1 Å². The summed E-state index contributed by atoms with van der Waals surface area (Å²) in [5.41, 5.74) is 10.8. The third kappa shape index (κ3) is 4.31. The van der Waals surface area contributed by atoms with Crippen molar-refractivity contribution >= 4 is 49.3 Å². The minimum Gasteiger partial charge on any atom is -0.309 e. The summed E-state index contributed by atoms with van der Waals surface area (Å²) in [5, 5.41) is 24.3. The van der Waals surface area contributed by atoms with Crippen molar-refractivity contribution in [1.82, 2.24) is 9.13 Å². The topological polar surface area (TPSA) is 61.8 Å². The normalized spacial score (nSPS) is 11.1. The number of aromatic nitrogens is 2. The van der Waals surface area contributed by atoms with Crippen LogP contribution in [0.15, 0.2) is 152 Å². The molecule has 0 aliphatic heterocycles. The van der Waals surface area contributed by atoms with E-state index in [1.807, 2.05) is 72.8 Å². The molecule has 0 amide bonds. The summed E-state index contributed by atoms with van der Waals surface area (Å²) >= 11 is 0. The zero-order valence-electron chi connectivity index (χ0n) is 26.7. The molecular weight excluding hydrogens is 611 g/mol. The molecule has 5 heteroatoms. The van der Waals surface area contributed by atoms with E-state index in [2.05, 4.69) is 105 Å². The molecule has 0 unspecified atom stereocenters. The summed E-state index contributed by atoms with van der Waals surface area (Å²) in [6.07, 6.45) is 0. The Hall–Kier alpha value is -7.39. The molecule has 7 aromatic carbocycles. The minimum absolute atomic E-state index is 0.336. The van der Waals surface area contributed by atoms with Gasteiger partial charge in [0.2, 0.25) is 5.69 Å². The molecule has 230 valence electrons. The van der Waals surface area contributed by atoms with Gasteiger partial charge in [0.25, 0.3) is 0 Å². The monoisotopic (exact) mass is 635 g/mol. The molecule has 9 aromatic rings. The van der Waals surface area contributed by atoms with Crippen LogP contribution in [0.4, 0.5) is 5.69 Å². The molecule has 50 heavy (non-hydrogen) atoms. The average molecular weight is 636 g/mol. The lowest BCUT2D eigenvalue weighted by Gasteiger charge is -2.17. The second-order valence-electron chi connectivity index (χ2n) is 12.3. The van der Waals surface area contributed by atoms with Gasteiger partial charge in [-0.2, -0.15) is 10.5 Å². The first-order valence-corrected chi connectivity index (χ1v) is 16.3. The van der Waals surface area contributed by atoms with Crippen molar-refractivity contribution in [2.45, 2.75) is 0 Å². The molecule has 0 saturated heterocycles. The number of hydrogen-bond acceptors (Lipinski definition) is 2. The fourth-order valence-electron chi connectivity index (χ4n) is 7.41. The van der Waals surface area contributed by atoms with Gasteiger partial charge in [-0.1, -0.05) is 91.0 Å². The molecule has 0 spiro atoms. The highest BCUT2D eigenvalue weighted by Crippen LogP contribution is 2.43. The highest BCUT2D eigenvalue weighted by Gasteiger charge is 2.20. The number of rotatable bonds is 4. The van der Waals surface area contributed by atoms with Gasteiger partial charge in [-0.3, -0.25) is 0 Å². The van der Waals surface area contributed by atoms with E-state index in [1.165, 1.54) is 0 Å². The van der Waals surface area contributed by atoms with Crippen molar-refractivity contribution in [3.8, 4) is 45.8 Å². The van der Waals surface area contributed by atoms with E-state index in [-0.39, 0.29) is 0 Å². The highest BCUT2D eigenvalue weighted by molar-refractivity contribution is 6.11. The number of nitrogens with zero attached hydrogens (tertiary/aromatic N) is 5. The van der Waals surface area contributed by atoms with Crippen LogP contribution in [0.5, 0.6) is 0 Å². The van der Waals surface area contributed by atoms with Gasteiger partial charge < -0.3 is 9.13 Å². The molecule has 0 aliphatic rings. The smallest absolute Gasteiger partial charge is 0.212 e. The lowest BCUT2D eigenvalue weighted by molar-refractivity contribution is 1.18. The van der Waals surface area contributed by atoms with Gasteiger partial charge in [-0.05, 0) is 82.9 Å². The maximum atomic E-state index is 10.3. The van der Waals surface area contributed by atoms with Gasteiger partial charge in [0.1, 0.15) is 0 Å². The van der Waals surface area contributed by atoms with Crippen molar-refractivity contribution in [3.63, 3.8) is 0 Å². The number of para-hydroxylation sites is 4. The molecule has 2 aromatic heterocycles. The van der Waals surface area contributed by atoms with Crippen molar-refractivity contribution < 1.29 is 0 Å². The van der Waals surface area contributed by atoms with Gasteiger partial charge in [-0.15, -0.1) is 0 Å². The van der Waals surface area contributed by atoms with Gasteiger partial charge in [0.05, 0.1) is 57.6 Å². The predicted molar refractivity (Wildman–Crippen MR) is 202 cm³/mol. The first kappa shape index (κ1) is 28.8. The first-order chi connectivity index (χ1) is 24.7. The number of hydrogen-bond donors (Lipinski definition) is 0. The average Bonchev–Trinajstić information content (AvgIpc) is 3.70. The molecule has 0 atom stereocenters. The lowest BCUT2D eigenvalue weighted by Crippen LogP contribution is -1.98. The fourth-order valence-corrected chi connectivity index (χ4v) is 7.41. The van der Waals surface area contributed by atoms with Crippen molar-refractivity contribution in [2.75, 3.05) is 0 Å².